The normalized spacial score (nSPS) is 18.1. The van der Waals surface area contributed by atoms with Gasteiger partial charge in [-0.25, -0.2) is 0 Å². The Morgan fingerprint density at radius 3 is 2.74 bits per heavy atom. The molecule has 1 aromatic rings. The van der Waals surface area contributed by atoms with E-state index in [4.69, 9.17) is 4.42 Å². The Bertz CT molecular complexity index is 461. The molecule has 0 saturated carbocycles. The minimum absolute atomic E-state index is 0.0987. The number of furan rings is 1. The van der Waals surface area contributed by atoms with E-state index in [9.17, 15) is 14.7 Å². The molecule has 1 aliphatic heterocycles. The second kappa shape index (κ2) is 5.14. The average Bonchev–Trinajstić information content (AvgIpc) is 2.79. The quantitative estimate of drug-likeness (QED) is 0.815. The van der Waals surface area contributed by atoms with Gasteiger partial charge in [0.25, 0.3) is 5.91 Å². The van der Waals surface area contributed by atoms with Gasteiger partial charge in [-0.3, -0.25) is 19.8 Å². The molecule has 1 aromatic heterocycles. The molecule has 0 bridgehead atoms. The Morgan fingerprint density at radius 2 is 2.21 bits per heavy atom. The maximum Gasteiger partial charge on any atom is 0.293 e. The van der Waals surface area contributed by atoms with Crippen molar-refractivity contribution in [3.05, 3.63) is 24.2 Å². The van der Waals surface area contributed by atoms with Crippen LogP contribution in [0.1, 0.15) is 24.4 Å². The molecule has 2 heterocycles. The number of β-amino-alcohol motifs (C(OH)–C–C–N with tert-alkyl or cyclic N) is 1. The van der Waals surface area contributed by atoms with Gasteiger partial charge in [-0.1, -0.05) is 13.8 Å². The van der Waals surface area contributed by atoms with Crippen LogP contribution >= 0.6 is 0 Å². The van der Waals surface area contributed by atoms with Crippen molar-refractivity contribution >= 4 is 11.8 Å². The summed E-state index contributed by atoms with van der Waals surface area (Å²) in [7, 11) is 0. The Balaban J connectivity index is 1.76. The summed E-state index contributed by atoms with van der Waals surface area (Å²) >= 11 is 0. The molecule has 0 unspecified atom stereocenters. The number of imide groups is 1. The van der Waals surface area contributed by atoms with Gasteiger partial charge in [0.1, 0.15) is 0 Å². The monoisotopic (exact) mass is 266 g/mol. The lowest BCUT2D eigenvalue weighted by molar-refractivity contribution is -0.141. The number of aliphatic hydroxyl groups is 1. The Morgan fingerprint density at radius 1 is 1.53 bits per heavy atom. The summed E-state index contributed by atoms with van der Waals surface area (Å²) in [6.07, 6.45) is 1.37. The van der Waals surface area contributed by atoms with Gasteiger partial charge in [0, 0.05) is 13.1 Å². The second-order valence-electron chi connectivity index (χ2n) is 5.26. The van der Waals surface area contributed by atoms with Crippen LogP contribution in [0.3, 0.4) is 0 Å². The average molecular weight is 266 g/mol. The molecule has 0 atom stereocenters. The third-order valence-electron chi connectivity index (χ3n) is 3.43. The van der Waals surface area contributed by atoms with E-state index >= 15 is 0 Å². The van der Waals surface area contributed by atoms with Gasteiger partial charge in [-0.2, -0.15) is 0 Å². The topological polar surface area (TPSA) is 82.8 Å². The number of nitrogens with zero attached hydrogens (tertiary/aromatic N) is 1. The van der Waals surface area contributed by atoms with E-state index in [0.717, 1.165) is 0 Å². The van der Waals surface area contributed by atoms with E-state index in [-0.39, 0.29) is 18.2 Å². The van der Waals surface area contributed by atoms with Crippen molar-refractivity contribution in [1.29, 1.82) is 0 Å². The molecule has 1 aliphatic rings. The Hall–Kier alpha value is -1.66. The first-order chi connectivity index (χ1) is 8.90. The minimum atomic E-state index is -0.717. The maximum atomic E-state index is 11.6. The third kappa shape index (κ3) is 3.02. The summed E-state index contributed by atoms with van der Waals surface area (Å²) in [5.41, 5.74) is -0.717. The number of hydrogen-bond acceptors (Lipinski definition) is 5. The minimum Gasteiger partial charge on any atom is -0.459 e. The number of hydrogen-bond donors (Lipinski definition) is 2. The Labute approximate surface area is 111 Å². The molecule has 104 valence electrons. The summed E-state index contributed by atoms with van der Waals surface area (Å²) < 4.78 is 4.89. The first kappa shape index (κ1) is 13.8. The van der Waals surface area contributed by atoms with Gasteiger partial charge in [0.05, 0.1) is 18.4 Å². The number of nitrogens with one attached hydrogen (secondary N) is 1. The van der Waals surface area contributed by atoms with E-state index in [0.29, 0.717) is 13.1 Å². The standard InChI is InChI=1S/C13H18N2O4/c1-9(2)13(18)7-15(8-13)6-11(16)14-12(17)10-4-3-5-19-10/h3-5,9,18H,6-8H2,1-2H3,(H,14,16,17). The van der Waals surface area contributed by atoms with E-state index in [1.54, 1.807) is 11.0 Å². The van der Waals surface area contributed by atoms with Crippen LogP contribution < -0.4 is 5.32 Å². The highest BCUT2D eigenvalue weighted by atomic mass is 16.3. The van der Waals surface area contributed by atoms with E-state index < -0.39 is 17.4 Å². The molecule has 6 heteroatoms. The molecule has 0 aliphatic carbocycles. The number of carbonyl (C=O) groups is 2. The van der Waals surface area contributed by atoms with E-state index in [2.05, 4.69) is 5.32 Å². The predicted octanol–water partition coefficient (Wildman–Crippen LogP) is 0.239. The van der Waals surface area contributed by atoms with Gasteiger partial charge < -0.3 is 9.52 Å². The number of rotatable bonds is 4. The summed E-state index contributed by atoms with van der Waals surface area (Å²) in [6.45, 7) is 4.89. The van der Waals surface area contributed by atoms with Crippen molar-refractivity contribution in [2.24, 2.45) is 5.92 Å². The molecule has 0 spiro atoms. The largest absolute Gasteiger partial charge is 0.459 e. The van der Waals surface area contributed by atoms with Crippen molar-refractivity contribution in [3.8, 4) is 0 Å². The van der Waals surface area contributed by atoms with Crippen LogP contribution in [0.25, 0.3) is 0 Å². The molecule has 6 nitrogen and oxygen atoms in total. The molecule has 1 fully saturated rings. The predicted molar refractivity (Wildman–Crippen MR) is 67.4 cm³/mol. The molecular formula is C13H18N2O4. The fraction of sp³-hybridized carbons (Fsp3) is 0.538. The summed E-state index contributed by atoms with van der Waals surface area (Å²) in [5.74, 6) is -0.686. The van der Waals surface area contributed by atoms with Gasteiger partial charge >= 0.3 is 0 Å². The molecule has 2 rings (SSSR count). The van der Waals surface area contributed by atoms with Gasteiger partial charge in [-0.05, 0) is 18.1 Å². The van der Waals surface area contributed by atoms with E-state index in [1.165, 1.54) is 12.3 Å². The van der Waals surface area contributed by atoms with Crippen molar-refractivity contribution in [1.82, 2.24) is 10.2 Å². The Kier molecular flexibility index (Phi) is 3.73. The van der Waals surface area contributed by atoms with Crippen LogP contribution in [-0.4, -0.2) is 47.1 Å². The van der Waals surface area contributed by atoms with Gasteiger partial charge in [0.15, 0.2) is 5.76 Å². The fourth-order valence-electron chi connectivity index (χ4n) is 2.04. The van der Waals surface area contributed by atoms with Crippen LogP contribution in [0.4, 0.5) is 0 Å². The molecule has 0 aromatic carbocycles. The summed E-state index contributed by atoms with van der Waals surface area (Å²) in [6, 6.07) is 3.07. The lowest BCUT2D eigenvalue weighted by Gasteiger charge is -2.48. The zero-order chi connectivity index (χ0) is 14.0. The molecule has 19 heavy (non-hydrogen) atoms. The van der Waals surface area contributed by atoms with Crippen molar-refractivity contribution < 1.29 is 19.1 Å². The fourth-order valence-corrected chi connectivity index (χ4v) is 2.04. The number of likely N-dealkylation sites (tertiary alicyclic amines) is 1. The van der Waals surface area contributed by atoms with Crippen LogP contribution in [0.5, 0.6) is 0 Å². The van der Waals surface area contributed by atoms with Crippen LogP contribution in [0.2, 0.25) is 0 Å². The zero-order valence-corrected chi connectivity index (χ0v) is 11.0. The van der Waals surface area contributed by atoms with Crippen LogP contribution in [-0.2, 0) is 4.79 Å². The molecular weight excluding hydrogens is 248 g/mol. The number of carbonyl (C=O) groups excluding carboxylic acids is 2. The first-order valence-corrected chi connectivity index (χ1v) is 6.23. The lowest BCUT2D eigenvalue weighted by Crippen LogP contribution is -2.65. The smallest absolute Gasteiger partial charge is 0.293 e. The van der Waals surface area contributed by atoms with Gasteiger partial charge in [0.2, 0.25) is 5.91 Å². The maximum absolute atomic E-state index is 11.6. The molecule has 1 saturated heterocycles. The molecule has 2 amide bonds. The SMILES string of the molecule is CC(C)C1(O)CN(CC(=O)NC(=O)c2ccco2)C1. The second-order valence-corrected chi connectivity index (χ2v) is 5.26. The van der Waals surface area contributed by atoms with Crippen molar-refractivity contribution in [2.75, 3.05) is 19.6 Å². The van der Waals surface area contributed by atoms with Crippen LogP contribution in [0, 0.1) is 5.92 Å². The third-order valence-corrected chi connectivity index (χ3v) is 3.43. The number of amides is 2. The molecule has 2 N–H and O–H groups in total. The summed E-state index contributed by atoms with van der Waals surface area (Å²) in [5, 5.41) is 12.3. The first-order valence-electron chi connectivity index (χ1n) is 6.23. The highest BCUT2D eigenvalue weighted by Gasteiger charge is 2.44. The van der Waals surface area contributed by atoms with Crippen LogP contribution in [0.15, 0.2) is 22.8 Å². The van der Waals surface area contributed by atoms with E-state index in [1.807, 2.05) is 13.8 Å². The zero-order valence-electron chi connectivity index (χ0n) is 11.0. The van der Waals surface area contributed by atoms with Gasteiger partial charge in [-0.15, -0.1) is 0 Å². The highest BCUT2D eigenvalue weighted by molar-refractivity contribution is 6.03. The lowest BCUT2D eigenvalue weighted by atomic mass is 9.83. The van der Waals surface area contributed by atoms with Crippen molar-refractivity contribution in [2.45, 2.75) is 19.4 Å². The van der Waals surface area contributed by atoms with Crippen molar-refractivity contribution in [3.63, 3.8) is 0 Å². The molecule has 0 radical (unpaired) electrons. The summed E-state index contributed by atoms with van der Waals surface area (Å²) in [4.78, 5) is 25.0. The highest BCUT2D eigenvalue weighted by Crippen LogP contribution is 2.27.